The minimum absolute atomic E-state index is 0.0666. The standard InChI is InChI=1S/C11H17N3.3C7H8O3S/c1-3-11(9-13-4-1)10-14-7-2-5-12-6-8-14;3*1-6-2-4-7(5-3-6)11(8,9)10/h1,3-4,9,12H,2,5-8,10H2;3*2-5H,1H3,(H,8,9,10). The van der Waals surface area contributed by atoms with Crippen LogP contribution in [0.5, 0.6) is 0 Å². The van der Waals surface area contributed by atoms with Crippen LogP contribution in [-0.2, 0) is 36.9 Å². The average Bonchev–Trinajstić information content (AvgIpc) is 3.27. The van der Waals surface area contributed by atoms with E-state index in [1.54, 1.807) is 36.4 Å². The zero-order valence-electron chi connectivity index (χ0n) is 26.4. The summed E-state index contributed by atoms with van der Waals surface area (Å²) in [5, 5.41) is 3.41. The summed E-state index contributed by atoms with van der Waals surface area (Å²) in [6.45, 7) is 11.2. The number of nitrogens with one attached hydrogen (secondary N) is 1. The monoisotopic (exact) mass is 707 g/mol. The molecular formula is C32H41N3O9S3. The van der Waals surface area contributed by atoms with E-state index < -0.39 is 30.4 Å². The Morgan fingerprint density at radius 3 is 1.36 bits per heavy atom. The Morgan fingerprint density at radius 1 is 0.617 bits per heavy atom. The fraction of sp³-hybridized carbons (Fsp3) is 0.281. The lowest BCUT2D eigenvalue weighted by Crippen LogP contribution is -2.27. The lowest BCUT2D eigenvalue weighted by molar-refractivity contribution is 0.284. The molecule has 0 radical (unpaired) electrons. The molecule has 1 saturated heterocycles. The van der Waals surface area contributed by atoms with E-state index in [9.17, 15) is 25.3 Å². The van der Waals surface area contributed by atoms with Gasteiger partial charge < -0.3 is 5.32 Å². The van der Waals surface area contributed by atoms with Gasteiger partial charge in [-0.1, -0.05) is 59.2 Å². The smallest absolute Gasteiger partial charge is 0.294 e. The minimum Gasteiger partial charge on any atom is -0.315 e. The maximum Gasteiger partial charge on any atom is 0.294 e. The number of pyridine rings is 1. The van der Waals surface area contributed by atoms with Gasteiger partial charge in [0.15, 0.2) is 0 Å². The van der Waals surface area contributed by atoms with Crippen molar-refractivity contribution in [3.05, 3.63) is 120 Å². The van der Waals surface area contributed by atoms with Crippen molar-refractivity contribution in [2.45, 2.75) is 48.4 Å². The van der Waals surface area contributed by atoms with Crippen molar-refractivity contribution in [1.29, 1.82) is 0 Å². The van der Waals surface area contributed by atoms with Crippen molar-refractivity contribution in [2.75, 3.05) is 26.2 Å². The summed E-state index contributed by atoms with van der Waals surface area (Å²) in [6, 6.07) is 22.1. The third-order valence-corrected chi connectivity index (χ3v) is 9.12. The molecule has 4 aromatic rings. The normalized spacial score (nSPS) is 13.7. The second-order valence-corrected chi connectivity index (χ2v) is 14.9. The molecule has 5 rings (SSSR count). The number of aromatic nitrogens is 1. The van der Waals surface area contributed by atoms with Crippen LogP contribution in [0.1, 0.15) is 28.7 Å². The highest BCUT2D eigenvalue weighted by Crippen LogP contribution is 2.10. The van der Waals surface area contributed by atoms with Gasteiger partial charge in [-0.2, -0.15) is 25.3 Å². The predicted molar refractivity (Wildman–Crippen MR) is 180 cm³/mol. The molecule has 0 spiro atoms. The summed E-state index contributed by atoms with van der Waals surface area (Å²) in [5.74, 6) is 0. The highest BCUT2D eigenvalue weighted by molar-refractivity contribution is 7.86. The summed E-state index contributed by atoms with van der Waals surface area (Å²) >= 11 is 0. The Labute approximate surface area is 277 Å². The molecule has 1 fully saturated rings. The fourth-order valence-electron chi connectivity index (χ4n) is 3.94. The molecule has 256 valence electrons. The highest BCUT2D eigenvalue weighted by Gasteiger charge is 2.10. The number of aryl methyl sites for hydroxylation is 3. The van der Waals surface area contributed by atoms with Crippen molar-refractivity contribution >= 4 is 30.4 Å². The van der Waals surface area contributed by atoms with E-state index >= 15 is 0 Å². The molecule has 1 aliphatic heterocycles. The van der Waals surface area contributed by atoms with E-state index in [-0.39, 0.29) is 14.7 Å². The van der Waals surface area contributed by atoms with Crippen LogP contribution in [0.15, 0.2) is 112 Å². The molecule has 3 aromatic carbocycles. The van der Waals surface area contributed by atoms with Crippen LogP contribution in [0.4, 0.5) is 0 Å². The molecule has 12 nitrogen and oxygen atoms in total. The molecule has 0 aliphatic carbocycles. The van der Waals surface area contributed by atoms with Crippen LogP contribution >= 0.6 is 0 Å². The van der Waals surface area contributed by atoms with E-state index in [1.165, 1.54) is 54.9 Å². The number of benzene rings is 3. The van der Waals surface area contributed by atoms with Crippen LogP contribution in [0, 0.1) is 20.8 Å². The second kappa shape index (κ2) is 18.7. The summed E-state index contributed by atoms with van der Waals surface area (Å²) in [7, 11) is -12.1. The zero-order valence-corrected chi connectivity index (χ0v) is 28.8. The molecule has 47 heavy (non-hydrogen) atoms. The highest BCUT2D eigenvalue weighted by atomic mass is 32.2. The summed E-state index contributed by atoms with van der Waals surface area (Å²) < 4.78 is 88.7. The fourth-order valence-corrected chi connectivity index (χ4v) is 5.38. The molecule has 1 aliphatic rings. The molecule has 0 saturated carbocycles. The van der Waals surface area contributed by atoms with Gasteiger partial charge in [0.05, 0.1) is 14.7 Å². The largest absolute Gasteiger partial charge is 0.315 e. The SMILES string of the molecule is Cc1ccc(S(=O)(=O)O)cc1.Cc1ccc(S(=O)(=O)O)cc1.Cc1ccc(S(=O)(=O)O)cc1.c1cncc(CN2CCCNCC2)c1. The van der Waals surface area contributed by atoms with Crippen LogP contribution in [0.3, 0.4) is 0 Å². The minimum atomic E-state index is -4.02. The number of nitrogens with zero attached hydrogens (tertiary/aromatic N) is 2. The maximum absolute atomic E-state index is 10.5. The Bertz CT molecular complexity index is 1650. The second-order valence-electron chi connectivity index (χ2n) is 10.6. The van der Waals surface area contributed by atoms with Crippen molar-refractivity contribution in [3.8, 4) is 0 Å². The van der Waals surface area contributed by atoms with Gasteiger partial charge in [0.2, 0.25) is 0 Å². The molecule has 1 aromatic heterocycles. The van der Waals surface area contributed by atoms with Gasteiger partial charge in [-0.25, -0.2) is 0 Å². The van der Waals surface area contributed by atoms with Crippen LogP contribution < -0.4 is 5.32 Å². The van der Waals surface area contributed by atoms with E-state index in [4.69, 9.17) is 13.7 Å². The topological polar surface area (TPSA) is 191 Å². The van der Waals surface area contributed by atoms with E-state index in [0.29, 0.717) is 0 Å². The van der Waals surface area contributed by atoms with Gasteiger partial charge in [0, 0.05) is 32.0 Å². The van der Waals surface area contributed by atoms with E-state index in [1.807, 2.05) is 39.2 Å². The molecule has 0 bridgehead atoms. The lowest BCUT2D eigenvalue weighted by Gasteiger charge is -2.18. The van der Waals surface area contributed by atoms with Crippen molar-refractivity contribution in [2.24, 2.45) is 0 Å². The van der Waals surface area contributed by atoms with Crippen LogP contribution in [0.2, 0.25) is 0 Å². The first kappa shape index (κ1) is 39.6. The quantitative estimate of drug-likeness (QED) is 0.211. The Balaban J connectivity index is 0.000000219. The predicted octanol–water partition coefficient (Wildman–Crippen LogP) is 4.60. The first-order chi connectivity index (χ1) is 21.9. The maximum atomic E-state index is 10.5. The third kappa shape index (κ3) is 16.2. The van der Waals surface area contributed by atoms with Gasteiger partial charge >= 0.3 is 0 Å². The Hall–Kier alpha value is -3.54. The van der Waals surface area contributed by atoms with Gasteiger partial charge in [-0.15, -0.1) is 0 Å². The molecule has 4 N–H and O–H groups in total. The Kier molecular flexibility index (Phi) is 15.8. The molecular weight excluding hydrogens is 667 g/mol. The van der Waals surface area contributed by atoms with Crippen molar-refractivity contribution < 1.29 is 38.9 Å². The van der Waals surface area contributed by atoms with Gasteiger partial charge in [0.25, 0.3) is 30.4 Å². The Morgan fingerprint density at radius 2 is 1.02 bits per heavy atom. The average molecular weight is 708 g/mol. The lowest BCUT2D eigenvalue weighted by atomic mass is 10.2. The number of hydrogen-bond donors (Lipinski definition) is 4. The van der Waals surface area contributed by atoms with Crippen LogP contribution in [0.25, 0.3) is 0 Å². The molecule has 15 heteroatoms. The van der Waals surface area contributed by atoms with Gasteiger partial charge in [-0.3, -0.25) is 23.5 Å². The third-order valence-electron chi connectivity index (χ3n) is 6.52. The number of hydrogen-bond acceptors (Lipinski definition) is 9. The van der Waals surface area contributed by atoms with Gasteiger partial charge in [-0.05, 0) is 88.3 Å². The summed E-state index contributed by atoms with van der Waals surface area (Å²) in [5.41, 5.74) is 4.18. The van der Waals surface area contributed by atoms with Crippen molar-refractivity contribution in [1.82, 2.24) is 15.2 Å². The van der Waals surface area contributed by atoms with E-state index in [2.05, 4.69) is 21.3 Å². The molecule has 0 amide bonds. The first-order valence-electron chi connectivity index (χ1n) is 14.4. The van der Waals surface area contributed by atoms with Crippen molar-refractivity contribution in [3.63, 3.8) is 0 Å². The molecule has 0 atom stereocenters. The van der Waals surface area contributed by atoms with E-state index in [0.717, 1.165) is 42.9 Å². The molecule has 0 unspecified atom stereocenters. The first-order valence-corrected chi connectivity index (χ1v) is 18.7. The van der Waals surface area contributed by atoms with Gasteiger partial charge in [0.1, 0.15) is 0 Å². The van der Waals surface area contributed by atoms with Crippen LogP contribution in [-0.4, -0.2) is 75.0 Å². The zero-order chi connectivity index (χ0) is 35.1. The molecule has 2 heterocycles. The summed E-state index contributed by atoms with van der Waals surface area (Å²) in [6.07, 6.45) is 5.03. The summed E-state index contributed by atoms with van der Waals surface area (Å²) in [4.78, 5) is 6.41. The number of rotatable bonds is 5.